The zero-order chi connectivity index (χ0) is 19.9. The minimum absolute atomic E-state index is 0.318. The molecule has 7 heteroatoms. The van der Waals surface area contributed by atoms with Gasteiger partial charge in [0.25, 0.3) is 0 Å². The van der Waals surface area contributed by atoms with Gasteiger partial charge in [-0.05, 0) is 43.7 Å². The quantitative estimate of drug-likeness (QED) is 0.549. The first-order chi connectivity index (χ1) is 13.5. The Morgan fingerprint density at radius 1 is 1.07 bits per heavy atom. The van der Waals surface area contributed by atoms with Crippen LogP contribution in [0.4, 0.5) is 17.3 Å². The van der Waals surface area contributed by atoms with E-state index in [9.17, 15) is 4.79 Å². The molecule has 0 atom stereocenters. The van der Waals surface area contributed by atoms with E-state index in [1.165, 1.54) is 0 Å². The van der Waals surface area contributed by atoms with Crippen molar-refractivity contribution < 1.29 is 9.53 Å². The molecule has 28 heavy (non-hydrogen) atoms. The Morgan fingerprint density at radius 2 is 1.79 bits per heavy atom. The van der Waals surface area contributed by atoms with Crippen molar-refractivity contribution in [1.29, 1.82) is 0 Å². The lowest BCUT2D eigenvalue weighted by Crippen LogP contribution is -2.09. The molecule has 0 amide bonds. The summed E-state index contributed by atoms with van der Waals surface area (Å²) in [6.45, 7) is 4.52. The second-order valence-corrected chi connectivity index (χ2v) is 6.49. The van der Waals surface area contributed by atoms with E-state index in [4.69, 9.17) is 16.3 Å². The number of ether oxygens (including phenoxy) is 1. The molecular formula is C21H21ClN4O2. The molecule has 2 N–H and O–H groups in total. The second kappa shape index (κ2) is 9.19. The highest BCUT2D eigenvalue weighted by Crippen LogP contribution is 2.22. The zero-order valence-corrected chi connectivity index (χ0v) is 16.5. The summed E-state index contributed by atoms with van der Waals surface area (Å²) >= 11 is 5.92. The van der Waals surface area contributed by atoms with Crippen molar-refractivity contribution in [3.8, 4) is 0 Å². The summed E-state index contributed by atoms with van der Waals surface area (Å²) in [6.07, 6.45) is 0. The Balaban J connectivity index is 1.77. The first-order valence-electron chi connectivity index (χ1n) is 8.92. The van der Waals surface area contributed by atoms with Gasteiger partial charge in [-0.25, -0.2) is 14.8 Å². The van der Waals surface area contributed by atoms with Gasteiger partial charge in [-0.2, -0.15) is 0 Å². The van der Waals surface area contributed by atoms with Crippen LogP contribution in [0.2, 0.25) is 5.02 Å². The van der Waals surface area contributed by atoms with Gasteiger partial charge in [0.15, 0.2) is 0 Å². The van der Waals surface area contributed by atoms with Crippen molar-refractivity contribution in [1.82, 2.24) is 9.97 Å². The van der Waals surface area contributed by atoms with Crippen LogP contribution >= 0.6 is 11.6 Å². The first kappa shape index (κ1) is 19.6. The second-order valence-electron chi connectivity index (χ2n) is 6.06. The number of anilines is 3. The van der Waals surface area contributed by atoms with Gasteiger partial charge in [0, 0.05) is 17.6 Å². The van der Waals surface area contributed by atoms with Crippen LogP contribution in [0.5, 0.6) is 0 Å². The molecule has 2 aromatic carbocycles. The molecule has 3 aromatic rings. The van der Waals surface area contributed by atoms with Crippen LogP contribution in [0.1, 0.15) is 28.7 Å². The summed E-state index contributed by atoms with van der Waals surface area (Å²) in [5.41, 5.74) is 2.17. The largest absolute Gasteiger partial charge is 0.462 e. The fraction of sp³-hybridized carbons (Fsp3) is 0.190. The maximum absolute atomic E-state index is 12.2. The van der Waals surface area contributed by atoms with E-state index in [1.807, 2.05) is 43.3 Å². The monoisotopic (exact) mass is 396 g/mol. The SMILES string of the molecule is CCOC(=O)c1ccccc1Nc1cc(NCc2ccc(Cl)cc2)nc(C)n1. The van der Waals surface area contributed by atoms with E-state index in [0.717, 1.165) is 5.56 Å². The third-order valence-electron chi connectivity index (χ3n) is 3.91. The highest BCUT2D eigenvalue weighted by Gasteiger charge is 2.13. The van der Waals surface area contributed by atoms with Crippen LogP contribution < -0.4 is 10.6 Å². The van der Waals surface area contributed by atoms with E-state index >= 15 is 0 Å². The molecule has 1 heterocycles. The maximum atomic E-state index is 12.2. The van der Waals surface area contributed by atoms with E-state index < -0.39 is 0 Å². The van der Waals surface area contributed by atoms with Crippen LogP contribution in [0.25, 0.3) is 0 Å². The molecule has 6 nitrogen and oxygen atoms in total. The molecule has 0 aliphatic carbocycles. The van der Waals surface area contributed by atoms with E-state index in [2.05, 4.69) is 20.6 Å². The normalized spacial score (nSPS) is 10.4. The number of halogens is 1. The van der Waals surface area contributed by atoms with E-state index in [-0.39, 0.29) is 5.97 Å². The van der Waals surface area contributed by atoms with Crippen molar-refractivity contribution >= 4 is 34.9 Å². The molecule has 0 unspecified atom stereocenters. The van der Waals surface area contributed by atoms with Gasteiger partial charge in [0.05, 0.1) is 17.9 Å². The van der Waals surface area contributed by atoms with Crippen molar-refractivity contribution in [2.45, 2.75) is 20.4 Å². The molecule has 0 saturated carbocycles. The Morgan fingerprint density at radius 3 is 2.54 bits per heavy atom. The molecule has 3 rings (SSSR count). The summed E-state index contributed by atoms with van der Waals surface area (Å²) in [5, 5.41) is 7.17. The molecule has 144 valence electrons. The van der Waals surface area contributed by atoms with Crippen LogP contribution in [0.3, 0.4) is 0 Å². The molecular weight excluding hydrogens is 376 g/mol. The Kier molecular flexibility index (Phi) is 6.45. The van der Waals surface area contributed by atoms with Crippen molar-refractivity contribution in [3.63, 3.8) is 0 Å². The molecule has 0 spiro atoms. The molecule has 1 aromatic heterocycles. The van der Waals surface area contributed by atoms with Gasteiger partial charge in [0.2, 0.25) is 0 Å². The number of rotatable bonds is 7. The number of esters is 1. The Hall–Kier alpha value is -3.12. The smallest absolute Gasteiger partial charge is 0.340 e. The van der Waals surface area contributed by atoms with Gasteiger partial charge >= 0.3 is 5.97 Å². The summed E-state index contributed by atoms with van der Waals surface area (Å²) in [5.74, 6) is 1.50. The third-order valence-corrected chi connectivity index (χ3v) is 4.16. The highest BCUT2D eigenvalue weighted by atomic mass is 35.5. The van der Waals surface area contributed by atoms with Gasteiger partial charge in [-0.15, -0.1) is 0 Å². The van der Waals surface area contributed by atoms with Crippen LogP contribution in [0, 0.1) is 6.92 Å². The van der Waals surface area contributed by atoms with Crippen molar-refractivity contribution in [2.24, 2.45) is 0 Å². The summed E-state index contributed by atoms with van der Waals surface area (Å²) < 4.78 is 5.12. The van der Waals surface area contributed by atoms with Crippen LogP contribution in [0.15, 0.2) is 54.6 Å². The number of hydrogen-bond acceptors (Lipinski definition) is 6. The standard InChI is InChI=1S/C21H21ClN4O2/c1-3-28-21(27)17-6-4-5-7-18(17)26-20-12-19(24-14(2)25-20)23-13-15-8-10-16(22)11-9-15/h4-12H,3,13H2,1-2H3,(H2,23,24,25,26). The number of nitrogens with zero attached hydrogens (tertiary/aromatic N) is 2. The predicted octanol–water partition coefficient (Wildman–Crippen LogP) is 4.97. The predicted molar refractivity (Wildman–Crippen MR) is 111 cm³/mol. The molecule has 0 aliphatic heterocycles. The number of hydrogen-bond donors (Lipinski definition) is 2. The number of nitrogens with one attached hydrogen (secondary N) is 2. The lowest BCUT2D eigenvalue weighted by Gasteiger charge is -2.13. The molecule has 0 aliphatic rings. The fourth-order valence-electron chi connectivity index (χ4n) is 2.63. The first-order valence-corrected chi connectivity index (χ1v) is 9.30. The van der Waals surface area contributed by atoms with Crippen LogP contribution in [-0.4, -0.2) is 22.5 Å². The summed E-state index contributed by atoms with van der Waals surface area (Å²) in [6, 6.07) is 16.6. The Bertz CT molecular complexity index is 961. The number of aromatic nitrogens is 2. The molecule has 0 fully saturated rings. The number of aryl methyl sites for hydroxylation is 1. The number of benzene rings is 2. The fourth-order valence-corrected chi connectivity index (χ4v) is 2.76. The van der Waals surface area contributed by atoms with E-state index in [1.54, 1.807) is 25.1 Å². The lowest BCUT2D eigenvalue weighted by molar-refractivity contribution is 0.0527. The minimum atomic E-state index is -0.377. The molecule has 0 radical (unpaired) electrons. The number of carbonyl (C=O) groups is 1. The van der Waals surface area contributed by atoms with Gasteiger partial charge in [-0.1, -0.05) is 35.9 Å². The number of carbonyl (C=O) groups excluding carboxylic acids is 1. The maximum Gasteiger partial charge on any atom is 0.340 e. The van der Waals surface area contributed by atoms with Gasteiger partial charge in [-0.3, -0.25) is 0 Å². The topological polar surface area (TPSA) is 76.1 Å². The van der Waals surface area contributed by atoms with E-state index in [0.29, 0.717) is 46.9 Å². The number of para-hydroxylation sites is 1. The van der Waals surface area contributed by atoms with Crippen molar-refractivity contribution in [2.75, 3.05) is 17.2 Å². The third kappa shape index (κ3) is 5.20. The zero-order valence-electron chi connectivity index (χ0n) is 15.7. The highest BCUT2D eigenvalue weighted by molar-refractivity contribution is 6.30. The molecule has 0 saturated heterocycles. The average Bonchev–Trinajstić information content (AvgIpc) is 2.68. The lowest BCUT2D eigenvalue weighted by atomic mass is 10.2. The van der Waals surface area contributed by atoms with Crippen LogP contribution in [-0.2, 0) is 11.3 Å². The average molecular weight is 397 g/mol. The summed E-state index contributed by atoms with van der Waals surface area (Å²) in [7, 11) is 0. The van der Waals surface area contributed by atoms with Gasteiger partial charge < -0.3 is 15.4 Å². The minimum Gasteiger partial charge on any atom is -0.462 e. The molecule has 0 bridgehead atoms. The van der Waals surface area contributed by atoms with Gasteiger partial charge in [0.1, 0.15) is 17.5 Å². The summed E-state index contributed by atoms with van der Waals surface area (Å²) in [4.78, 5) is 21.0. The van der Waals surface area contributed by atoms with Crippen molar-refractivity contribution in [3.05, 3.63) is 76.6 Å². The Labute approximate surface area is 168 Å².